The fraction of sp³-hybridized carbons (Fsp3) is 0.960. The summed E-state index contributed by atoms with van der Waals surface area (Å²) in [6.07, 6.45) is 0. The molecule has 0 aliphatic carbocycles. The summed E-state index contributed by atoms with van der Waals surface area (Å²) in [6.45, 7) is 15.9. The van der Waals surface area contributed by atoms with Gasteiger partial charge in [0, 0.05) is 13.7 Å². The second-order valence-corrected chi connectivity index (χ2v) is 7.23. The Labute approximate surface area is 223 Å². The first-order valence-electron chi connectivity index (χ1n) is 13.0. The Kier molecular flexibility index (Phi) is 35.1. The van der Waals surface area contributed by atoms with Crippen LogP contribution >= 0.6 is 0 Å². The molecule has 0 N–H and O–H groups in total. The second kappa shape index (κ2) is 35.5. The van der Waals surface area contributed by atoms with Crippen LogP contribution in [0.25, 0.3) is 0 Å². The van der Waals surface area contributed by atoms with Gasteiger partial charge in [-0.1, -0.05) is 0 Å². The maximum Gasteiger partial charge on any atom is 0.0701 e. The van der Waals surface area contributed by atoms with Gasteiger partial charge in [0.1, 0.15) is 0 Å². The molecule has 12 nitrogen and oxygen atoms in total. The molecular weight excluding hydrogens is 492 g/mol. The lowest BCUT2D eigenvalue weighted by atomic mass is 10.6. The molecule has 0 aromatic carbocycles. The lowest BCUT2D eigenvalue weighted by Crippen LogP contribution is -2.15. The third-order valence-electron chi connectivity index (χ3n) is 4.30. The molecule has 0 rings (SSSR count). The lowest BCUT2D eigenvalue weighted by molar-refractivity contribution is -0.0278. The van der Waals surface area contributed by atoms with Gasteiger partial charge < -0.3 is 56.8 Å². The van der Waals surface area contributed by atoms with E-state index in [1.807, 2.05) is 0 Å². The molecule has 12 heteroatoms. The lowest BCUT2D eigenvalue weighted by Gasteiger charge is -2.09. The molecule has 0 atom stereocenters. The van der Waals surface area contributed by atoms with Crippen LogP contribution in [0.2, 0.25) is 0 Å². The van der Waals surface area contributed by atoms with Crippen LogP contribution in [0.1, 0.15) is 0 Å². The van der Waals surface area contributed by atoms with Crippen LogP contribution in [-0.2, 0) is 56.8 Å². The first-order valence-corrected chi connectivity index (χ1v) is 13.0. The predicted molar refractivity (Wildman–Crippen MR) is 136 cm³/mol. The van der Waals surface area contributed by atoms with Gasteiger partial charge in [-0.3, -0.25) is 0 Å². The highest BCUT2D eigenvalue weighted by Gasteiger charge is 1.96. The average Bonchev–Trinajstić information content (AvgIpc) is 2.91. The maximum atomic E-state index is 5.45. The Morgan fingerprint density at radius 1 is 0.270 bits per heavy atom. The zero-order chi connectivity index (χ0) is 26.7. The van der Waals surface area contributed by atoms with Crippen LogP contribution in [0.3, 0.4) is 0 Å². The molecule has 1 radical (unpaired) electrons. The number of rotatable bonds is 34. The zero-order valence-electron chi connectivity index (χ0n) is 22.9. The van der Waals surface area contributed by atoms with Crippen LogP contribution < -0.4 is 0 Å². The van der Waals surface area contributed by atoms with Crippen molar-refractivity contribution in [3.63, 3.8) is 0 Å². The Hall–Kier alpha value is -0.480. The van der Waals surface area contributed by atoms with Crippen molar-refractivity contribution in [3.05, 3.63) is 6.92 Å². The molecule has 0 aromatic heterocycles. The van der Waals surface area contributed by atoms with Gasteiger partial charge in [-0.15, -0.1) is 0 Å². The maximum absolute atomic E-state index is 5.45. The number of ether oxygens (including phenoxy) is 12. The standard InChI is InChI=1S/C25H51O12/c1-3-27-6-7-29-10-11-31-14-15-33-18-19-35-22-23-37-25-24-36-21-20-34-17-16-32-13-12-30-9-8-28-5-4-26-2/h1,3-25H2,2H3. The van der Waals surface area contributed by atoms with Gasteiger partial charge in [-0.25, -0.2) is 0 Å². The van der Waals surface area contributed by atoms with Crippen molar-refractivity contribution in [2.45, 2.75) is 0 Å². The van der Waals surface area contributed by atoms with Gasteiger partial charge in [-0.2, -0.15) is 0 Å². The minimum atomic E-state index is 0.462. The third-order valence-corrected chi connectivity index (χ3v) is 4.30. The third kappa shape index (κ3) is 35.5. The quantitative estimate of drug-likeness (QED) is 0.106. The molecule has 0 aliphatic rings. The van der Waals surface area contributed by atoms with Gasteiger partial charge >= 0.3 is 0 Å². The van der Waals surface area contributed by atoms with Crippen molar-refractivity contribution in [2.75, 3.05) is 159 Å². The molecule has 0 heterocycles. The van der Waals surface area contributed by atoms with E-state index in [0.717, 1.165) is 0 Å². The summed E-state index contributed by atoms with van der Waals surface area (Å²) in [7, 11) is 1.65. The summed E-state index contributed by atoms with van der Waals surface area (Å²) in [5, 5.41) is 0. The number of methoxy groups -OCH3 is 1. The Morgan fingerprint density at radius 2 is 0.432 bits per heavy atom. The van der Waals surface area contributed by atoms with Gasteiger partial charge in [0.25, 0.3) is 0 Å². The molecule has 0 saturated heterocycles. The van der Waals surface area contributed by atoms with Crippen molar-refractivity contribution in [1.82, 2.24) is 0 Å². The van der Waals surface area contributed by atoms with Crippen LogP contribution in [0.4, 0.5) is 0 Å². The summed E-state index contributed by atoms with van der Waals surface area (Å²) in [5.41, 5.74) is 0. The van der Waals surface area contributed by atoms with Crippen molar-refractivity contribution >= 4 is 0 Å². The molecule has 0 saturated carbocycles. The summed E-state index contributed by atoms with van der Waals surface area (Å²) in [6, 6.07) is 0. The Morgan fingerprint density at radius 3 is 0.595 bits per heavy atom. The van der Waals surface area contributed by atoms with E-state index in [1.54, 1.807) is 7.11 Å². The van der Waals surface area contributed by atoms with Crippen molar-refractivity contribution in [2.24, 2.45) is 0 Å². The van der Waals surface area contributed by atoms with Crippen LogP contribution in [0, 0.1) is 6.92 Å². The highest BCUT2D eigenvalue weighted by Crippen LogP contribution is 1.87. The molecule has 0 unspecified atom stereocenters. The first kappa shape index (κ1) is 36.5. The predicted octanol–water partition coefficient (Wildman–Crippen LogP) is 0.649. The minimum absolute atomic E-state index is 0.462. The largest absolute Gasteiger partial charge is 0.382 e. The smallest absolute Gasteiger partial charge is 0.0701 e. The minimum Gasteiger partial charge on any atom is -0.382 e. The summed E-state index contributed by atoms with van der Waals surface area (Å²) in [5.74, 6) is 0. The fourth-order valence-electron chi connectivity index (χ4n) is 2.44. The fourth-order valence-corrected chi connectivity index (χ4v) is 2.44. The van der Waals surface area contributed by atoms with E-state index in [9.17, 15) is 0 Å². The molecule has 0 fully saturated rings. The van der Waals surface area contributed by atoms with E-state index in [1.165, 1.54) is 0 Å². The van der Waals surface area contributed by atoms with E-state index in [2.05, 4.69) is 6.92 Å². The van der Waals surface area contributed by atoms with Crippen molar-refractivity contribution in [1.29, 1.82) is 0 Å². The number of hydrogen-bond acceptors (Lipinski definition) is 12. The molecule has 0 bridgehead atoms. The Balaban J connectivity index is 3.00. The summed E-state index contributed by atoms with van der Waals surface area (Å²) >= 11 is 0. The molecule has 37 heavy (non-hydrogen) atoms. The molecular formula is C25H51O12. The van der Waals surface area contributed by atoms with Crippen molar-refractivity contribution in [3.8, 4) is 0 Å². The highest BCUT2D eigenvalue weighted by molar-refractivity contribution is 4.39. The summed E-state index contributed by atoms with van der Waals surface area (Å²) in [4.78, 5) is 0. The van der Waals surface area contributed by atoms with E-state index in [4.69, 9.17) is 56.8 Å². The van der Waals surface area contributed by atoms with E-state index in [0.29, 0.717) is 152 Å². The van der Waals surface area contributed by atoms with Crippen LogP contribution in [0.5, 0.6) is 0 Å². The monoisotopic (exact) mass is 543 g/mol. The van der Waals surface area contributed by atoms with Gasteiger partial charge in [-0.05, 0) is 6.92 Å². The first-order chi connectivity index (χ1) is 18.4. The highest BCUT2D eigenvalue weighted by atomic mass is 16.6. The van der Waals surface area contributed by atoms with E-state index >= 15 is 0 Å². The SMILES string of the molecule is [CH2]COCCOCCOCCOCCOCCOCCOCCOCCOCCOCCOCCOC. The van der Waals surface area contributed by atoms with Gasteiger partial charge in [0.05, 0.1) is 145 Å². The van der Waals surface area contributed by atoms with Gasteiger partial charge in [0.2, 0.25) is 0 Å². The summed E-state index contributed by atoms with van der Waals surface area (Å²) < 4.78 is 64.0. The van der Waals surface area contributed by atoms with E-state index in [-0.39, 0.29) is 0 Å². The molecule has 223 valence electrons. The molecule has 0 aliphatic heterocycles. The topological polar surface area (TPSA) is 111 Å². The number of hydrogen-bond donors (Lipinski definition) is 0. The van der Waals surface area contributed by atoms with Crippen molar-refractivity contribution < 1.29 is 56.8 Å². The molecule has 0 amide bonds. The van der Waals surface area contributed by atoms with Gasteiger partial charge in [0.15, 0.2) is 0 Å². The van der Waals surface area contributed by atoms with E-state index < -0.39 is 0 Å². The van der Waals surface area contributed by atoms with Crippen LogP contribution in [-0.4, -0.2) is 159 Å². The molecule has 0 spiro atoms. The average molecular weight is 544 g/mol. The zero-order valence-corrected chi connectivity index (χ0v) is 22.9. The normalized spacial score (nSPS) is 11.5. The molecule has 0 aromatic rings. The van der Waals surface area contributed by atoms with Crippen LogP contribution in [0.15, 0.2) is 0 Å². The second-order valence-electron chi connectivity index (χ2n) is 7.23. The Bertz CT molecular complexity index is 359.